The fraction of sp³-hybridized carbons (Fsp3) is 0.517. The molecule has 8 nitrogen and oxygen atoms in total. The molecule has 4 rings (SSSR count). The first kappa shape index (κ1) is 29.2. The Hall–Kier alpha value is -2.82. The third-order valence-electron chi connectivity index (χ3n) is 7.81. The molecule has 10 heteroatoms. The van der Waals surface area contributed by atoms with E-state index in [9.17, 15) is 18.2 Å². The number of ether oxygens (including phenoxy) is 1. The van der Waals surface area contributed by atoms with Crippen molar-refractivity contribution in [3.05, 3.63) is 65.5 Å². The van der Waals surface area contributed by atoms with E-state index >= 15 is 0 Å². The van der Waals surface area contributed by atoms with Crippen LogP contribution in [0.4, 0.5) is 4.39 Å². The van der Waals surface area contributed by atoms with E-state index in [2.05, 4.69) is 41.5 Å². The van der Waals surface area contributed by atoms with Crippen LogP contribution in [-0.4, -0.2) is 95.3 Å². The highest BCUT2D eigenvalue weighted by atomic mass is 32.2. The van der Waals surface area contributed by atoms with Crippen molar-refractivity contribution in [3.63, 3.8) is 0 Å². The summed E-state index contributed by atoms with van der Waals surface area (Å²) in [5.41, 5.74) is 1.43. The van der Waals surface area contributed by atoms with Gasteiger partial charge in [-0.25, -0.2) is 4.39 Å². The summed E-state index contributed by atoms with van der Waals surface area (Å²) in [6, 6.07) is 12.3. The zero-order valence-electron chi connectivity index (χ0n) is 23.0. The Kier molecular flexibility index (Phi) is 9.74. The highest BCUT2D eigenvalue weighted by Gasteiger charge is 2.50. The van der Waals surface area contributed by atoms with E-state index in [1.807, 2.05) is 12.1 Å². The van der Waals surface area contributed by atoms with E-state index in [4.69, 9.17) is 4.74 Å². The van der Waals surface area contributed by atoms with Crippen molar-refractivity contribution >= 4 is 22.6 Å². The lowest BCUT2D eigenvalue weighted by Gasteiger charge is -2.36. The van der Waals surface area contributed by atoms with Crippen LogP contribution < -0.4 is 15.4 Å². The first-order chi connectivity index (χ1) is 18.7. The van der Waals surface area contributed by atoms with Gasteiger partial charge in [-0.15, -0.1) is 0 Å². The Bertz CT molecular complexity index is 1150. The van der Waals surface area contributed by atoms with E-state index in [0.717, 1.165) is 31.8 Å². The lowest BCUT2D eigenvalue weighted by atomic mass is 10.1. The maximum Gasteiger partial charge on any atom is 0.251 e. The molecule has 2 aliphatic rings. The van der Waals surface area contributed by atoms with E-state index in [0.29, 0.717) is 31.3 Å². The van der Waals surface area contributed by atoms with E-state index in [1.165, 1.54) is 29.8 Å². The molecule has 2 aromatic rings. The van der Waals surface area contributed by atoms with Gasteiger partial charge in [0.25, 0.3) is 5.91 Å². The van der Waals surface area contributed by atoms with Gasteiger partial charge in [0, 0.05) is 66.3 Å². The standard InChI is InChI=1S/C29H39FN4O4S/c1-4-33-14-16-34(17-15-33)28(36)26(32-27(35)22-5-9-23(30)10-6-22)20-39(37)18-13-31-29(2)19-25(29)21-7-11-24(38-3)12-8-21/h5-12,25-26,31H,4,13-20H2,1-3H3,(H,32,35)/t25-,26-,29+,39?/m0/s1. The molecule has 1 heterocycles. The largest absolute Gasteiger partial charge is 0.497 e. The average molecular weight is 559 g/mol. The molecule has 1 aliphatic carbocycles. The number of hydrogen-bond acceptors (Lipinski definition) is 6. The second-order valence-electron chi connectivity index (χ2n) is 10.5. The van der Waals surface area contributed by atoms with Crippen LogP contribution in [0.2, 0.25) is 0 Å². The quantitative estimate of drug-likeness (QED) is 0.416. The van der Waals surface area contributed by atoms with Crippen molar-refractivity contribution in [3.8, 4) is 5.75 Å². The summed E-state index contributed by atoms with van der Waals surface area (Å²) in [6.45, 7) is 8.37. The van der Waals surface area contributed by atoms with Crippen molar-refractivity contribution in [1.82, 2.24) is 20.4 Å². The summed E-state index contributed by atoms with van der Waals surface area (Å²) in [7, 11) is 0.311. The summed E-state index contributed by atoms with van der Waals surface area (Å²) in [5, 5.41) is 6.32. The van der Waals surface area contributed by atoms with Crippen LogP contribution in [-0.2, 0) is 15.6 Å². The number of piperazine rings is 1. The molecular formula is C29H39FN4O4S. The minimum Gasteiger partial charge on any atom is -0.497 e. The predicted molar refractivity (Wildman–Crippen MR) is 151 cm³/mol. The van der Waals surface area contributed by atoms with Crippen LogP contribution in [0.5, 0.6) is 5.75 Å². The van der Waals surface area contributed by atoms with Crippen molar-refractivity contribution in [1.29, 1.82) is 0 Å². The van der Waals surface area contributed by atoms with Crippen LogP contribution in [0.1, 0.15) is 42.1 Å². The topological polar surface area (TPSA) is 91.0 Å². The number of carbonyl (C=O) groups is 2. The van der Waals surface area contributed by atoms with E-state index < -0.39 is 28.6 Å². The maximum absolute atomic E-state index is 13.4. The van der Waals surface area contributed by atoms with Crippen LogP contribution in [0.15, 0.2) is 48.5 Å². The monoisotopic (exact) mass is 558 g/mol. The first-order valence-electron chi connectivity index (χ1n) is 13.5. The molecule has 1 aliphatic heterocycles. The Morgan fingerprint density at radius 1 is 1.10 bits per heavy atom. The Labute approximate surface area is 232 Å². The van der Waals surface area contributed by atoms with Gasteiger partial charge in [-0.3, -0.25) is 13.8 Å². The summed E-state index contributed by atoms with van der Waals surface area (Å²) in [5.74, 6) is 0.445. The number of nitrogens with one attached hydrogen (secondary N) is 2. The molecule has 0 radical (unpaired) electrons. The highest BCUT2D eigenvalue weighted by Crippen LogP contribution is 2.51. The SMILES string of the molecule is CCN1CCN(C(=O)[C@H](CS(=O)CCN[C@]2(C)C[C@H]2c2ccc(OC)cc2)NC(=O)c2ccc(F)cc2)CC1. The maximum atomic E-state index is 13.4. The van der Waals surface area contributed by atoms with Gasteiger partial charge in [0.05, 0.1) is 12.9 Å². The van der Waals surface area contributed by atoms with Crippen LogP contribution >= 0.6 is 0 Å². The van der Waals surface area contributed by atoms with Gasteiger partial charge in [0.1, 0.15) is 17.6 Å². The van der Waals surface area contributed by atoms with Crippen LogP contribution in [0.25, 0.3) is 0 Å². The number of amides is 2. The summed E-state index contributed by atoms with van der Waals surface area (Å²) < 4.78 is 31.7. The van der Waals surface area contributed by atoms with Crippen molar-refractivity contribution < 1.29 is 22.9 Å². The molecule has 2 amide bonds. The molecule has 1 unspecified atom stereocenters. The molecule has 4 atom stereocenters. The fourth-order valence-corrected chi connectivity index (χ4v) is 6.22. The van der Waals surface area contributed by atoms with Gasteiger partial charge < -0.3 is 25.2 Å². The second kappa shape index (κ2) is 13.0. The van der Waals surface area contributed by atoms with Gasteiger partial charge in [0.15, 0.2) is 0 Å². The first-order valence-corrected chi connectivity index (χ1v) is 15.0. The van der Waals surface area contributed by atoms with Gasteiger partial charge in [0.2, 0.25) is 5.91 Å². The summed E-state index contributed by atoms with van der Waals surface area (Å²) in [4.78, 5) is 30.3. The summed E-state index contributed by atoms with van der Waals surface area (Å²) in [6.07, 6.45) is 0.991. The normalized spacial score (nSPS) is 22.7. The molecule has 39 heavy (non-hydrogen) atoms. The third kappa shape index (κ3) is 7.64. The predicted octanol–water partition coefficient (Wildman–Crippen LogP) is 2.38. The average Bonchev–Trinajstić information content (AvgIpc) is 3.63. The number of methoxy groups -OCH3 is 1. The molecule has 1 saturated heterocycles. The number of carbonyl (C=O) groups excluding carboxylic acids is 2. The molecular weight excluding hydrogens is 519 g/mol. The van der Waals surface area contributed by atoms with Crippen LogP contribution in [0, 0.1) is 5.82 Å². The lowest BCUT2D eigenvalue weighted by molar-refractivity contribution is -0.134. The van der Waals surface area contributed by atoms with Crippen LogP contribution in [0.3, 0.4) is 0 Å². The number of rotatable bonds is 12. The Morgan fingerprint density at radius 2 is 1.77 bits per heavy atom. The molecule has 2 aromatic carbocycles. The lowest BCUT2D eigenvalue weighted by Crippen LogP contribution is -2.56. The van der Waals surface area contributed by atoms with Gasteiger partial charge in [-0.1, -0.05) is 19.1 Å². The number of halogens is 1. The smallest absolute Gasteiger partial charge is 0.251 e. The number of hydrogen-bond donors (Lipinski definition) is 2. The third-order valence-corrected chi connectivity index (χ3v) is 9.17. The Morgan fingerprint density at radius 3 is 2.38 bits per heavy atom. The Balaban J connectivity index is 1.33. The highest BCUT2D eigenvalue weighted by molar-refractivity contribution is 7.85. The van der Waals surface area contributed by atoms with E-state index in [-0.39, 0.29) is 22.8 Å². The van der Waals surface area contributed by atoms with Crippen molar-refractivity contribution in [2.75, 3.05) is 57.9 Å². The minimum absolute atomic E-state index is 0.0278. The van der Waals surface area contributed by atoms with Gasteiger partial charge >= 0.3 is 0 Å². The number of benzene rings is 2. The summed E-state index contributed by atoms with van der Waals surface area (Å²) >= 11 is 0. The minimum atomic E-state index is -1.34. The zero-order valence-corrected chi connectivity index (χ0v) is 23.8. The van der Waals surface area contributed by atoms with Gasteiger partial charge in [-0.05, 0) is 61.9 Å². The van der Waals surface area contributed by atoms with Crippen molar-refractivity contribution in [2.45, 2.75) is 37.8 Å². The van der Waals surface area contributed by atoms with E-state index in [1.54, 1.807) is 12.0 Å². The zero-order chi connectivity index (χ0) is 28.0. The van der Waals surface area contributed by atoms with Crippen molar-refractivity contribution in [2.24, 2.45) is 0 Å². The molecule has 212 valence electrons. The molecule has 1 saturated carbocycles. The molecule has 0 spiro atoms. The molecule has 2 fully saturated rings. The number of nitrogens with zero attached hydrogens (tertiary/aromatic N) is 2. The fourth-order valence-electron chi connectivity index (χ4n) is 5.12. The molecule has 0 bridgehead atoms. The van der Waals surface area contributed by atoms with Gasteiger partial charge in [-0.2, -0.15) is 0 Å². The number of likely N-dealkylation sites (N-methyl/N-ethyl adjacent to an activating group) is 1. The molecule has 2 N–H and O–H groups in total. The second-order valence-corrected chi connectivity index (χ2v) is 12.1. The molecule has 0 aromatic heterocycles.